The minimum atomic E-state index is -4.52. The first-order valence-corrected chi connectivity index (χ1v) is 3.83. The molecule has 1 heterocycles. The van der Waals surface area contributed by atoms with E-state index >= 15 is 0 Å². The molecule has 0 aliphatic rings. The number of nitrogens with zero attached hydrogens (tertiary/aromatic N) is 2. The highest BCUT2D eigenvalue weighted by atomic mass is 19.4. The number of hydrogen-bond donors (Lipinski definition) is 1. The number of carboxylic acid groups (broad SMARTS) is 1. The molecule has 0 aromatic carbocycles. The Bertz CT molecular complexity index is 407. The molecule has 1 aromatic heterocycles. The molecule has 0 bridgehead atoms. The highest BCUT2D eigenvalue weighted by Crippen LogP contribution is 2.28. The number of alkyl halides is 3. The molecule has 0 spiro atoms. The topological polar surface area (TPSA) is 55.1 Å². The van der Waals surface area contributed by atoms with E-state index in [4.69, 9.17) is 5.11 Å². The molecule has 1 aromatic rings. The zero-order valence-electron chi connectivity index (χ0n) is 7.62. The van der Waals surface area contributed by atoms with E-state index in [1.54, 1.807) is 0 Å². The molecule has 0 radical (unpaired) electrons. The number of hydrogen-bond acceptors (Lipinski definition) is 2. The van der Waals surface area contributed by atoms with Crippen molar-refractivity contribution in [2.45, 2.75) is 6.18 Å². The molecule has 0 saturated heterocycles. The third-order valence-corrected chi connectivity index (χ3v) is 1.60. The van der Waals surface area contributed by atoms with Crippen LogP contribution in [0, 0.1) is 0 Å². The quantitative estimate of drug-likeness (QED) is 0.769. The summed E-state index contributed by atoms with van der Waals surface area (Å²) in [4.78, 5) is 10.1. The molecule has 0 aliphatic heterocycles. The molecular weight excluding hydrogens is 213 g/mol. The Balaban J connectivity index is 3.02. The van der Waals surface area contributed by atoms with Crippen LogP contribution in [0.25, 0.3) is 6.08 Å². The predicted molar refractivity (Wildman–Crippen MR) is 44.9 cm³/mol. The largest absolute Gasteiger partial charge is 0.478 e. The Labute approximate surface area is 82.6 Å². The molecule has 0 aliphatic carbocycles. The number of rotatable bonds is 2. The van der Waals surface area contributed by atoms with E-state index in [1.807, 2.05) is 0 Å². The number of aliphatic carboxylic acids is 1. The van der Waals surface area contributed by atoms with Gasteiger partial charge >= 0.3 is 12.1 Å². The molecule has 0 atom stereocenters. The van der Waals surface area contributed by atoms with Gasteiger partial charge in [-0.2, -0.15) is 18.3 Å². The zero-order valence-corrected chi connectivity index (χ0v) is 7.62. The lowest BCUT2D eigenvalue weighted by atomic mass is 10.3. The maximum absolute atomic E-state index is 12.2. The Morgan fingerprint density at radius 3 is 2.60 bits per heavy atom. The maximum Gasteiger partial charge on any atom is 0.435 e. The van der Waals surface area contributed by atoms with Gasteiger partial charge < -0.3 is 5.11 Å². The van der Waals surface area contributed by atoms with Crippen molar-refractivity contribution in [3.05, 3.63) is 23.5 Å². The zero-order chi connectivity index (χ0) is 11.6. The highest BCUT2D eigenvalue weighted by Gasteiger charge is 2.34. The molecule has 15 heavy (non-hydrogen) atoms. The van der Waals surface area contributed by atoms with Crippen LogP contribution in [0.1, 0.15) is 11.4 Å². The van der Waals surface area contributed by atoms with Crippen molar-refractivity contribution in [2.24, 2.45) is 7.05 Å². The Hall–Kier alpha value is -1.79. The lowest BCUT2D eigenvalue weighted by Crippen LogP contribution is -2.06. The molecule has 82 valence electrons. The van der Waals surface area contributed by atoms with Gasteiger partial charge in [0.1, 0.15) is 0 Å². The number of halogens is 3. The third-order valence-electron chi connectivity index (χ3n) is 1.60. The standard InChI is InChI=1S/C8H7F3N2O2/c1-13-5(2-3-7(14)15)4-6(12-13)8(9,10)11/h2-4H,1H3,(H,14,15)/b3-2+. The summed E-state index contributed by atoms with van der Waals surface area (Å²) in [5.41, 5.74) is -0.972. The Kier molecular flexibility index (Phi) is 2.83. The van der Waals surface area contributed by atoms with Gasteiger partial charge in [0.2, 0.25) is 0 Å². The minimum absolute atomic E-state index is 0.0738. The van der Waals surface area contributed by atoms with Gasteiger partial charge in [-0.05, 0) is 12.1 Å². The summed E-state index contributed by atoms with van der Waals surface area (Å²) in [5, 5.41) is 11.5. The highest BCUT2D eigenvalue weighted by molar-refractivity contribution is 5.84. The summed E-state index contributed by atoms with van der Waals surface area (Å²) in [6, 6.07) is 0.777. The van der Waals surface area contributed by atoms with Crippen molar-refractivity contribution in [2.75, 3.05) is 0 Å². The van der Waals surface area contributed by atoms with Crippen LogP contribution in [0.4, 0.5) is 13.2 Å². The van der Waals surface area contributed by atoms with Crippen molar-refractivity contribution in [1.29, 1.82) is 0 Å². The fourth-order valence-electron chi connectivity index (χ4n) is 0.933. The van der Waals surface area contributed by atoms with Crippen molar-refractivity contribution >= 4 is 12.0 Å². The van der Waals surface area contributed by atoms with Gasteiger partial charge in [0.15, 0.2) is 5.69 Å². The molecule has 1 N–H and O–H groups in total. The molecule has 7 heteroatoms. The van der Waals surface area contributed by atoms with Gasteiger partial charge in [-0.3, -0.25) is 4.68 Å². The molecule has 0 saturated carbocycles. The van der Waals surface area contributed by atoms with E-state index in [9.17, 15) is 18.0 Å². The van der Waals surface area contributed by atoms with E-state index in [0.717, 1.165) is 22.9 Å². The van der Waals surface area contributed by atoms with Gasteiger partial charge in [-0.1, -0.05) is 0 Å². The predicted octanol–water partition coefficient (Wildman–Crippen LogP) is 1.54. The van der Waals surface area contributed by atoms with E-state index in [1.165, 1.54) is 7.05 Å². The second kappa shape index (κ2) is 3.76. The first-order valence-electron chi connectivity index (χ1n) is 3.83. The van der Waals surface area contributed by atoms with Crippen molar-refractivity contribution in [3.8, 4) is 0 Å². The van der Waals surface area contributed by atoms with Gasteiger partial charge in [-0.15, -0.1) is 0 Å². The van der Waals surface area contributed by atoms with E-state index in [-0.39, 0.29) is 5.69 Å². The number of aromatic nitrogens is 2. The summed E-state index contributed by atoms with van der Waals surface area (Å²) in [7, 11) is 1.30. The van der Waals surface area contributed by atoms with Crippen LogP contribution in [0.5, 0.6) is 0 Å². The Morgan fingerprint density at radius 1 is 1.60 bits per heavy atom. The summed E-state index contributed by atoms with van der Waals surface area (Å²) in [6.07, 6.45) is -2.73. The van der Waals surface area contributed by atoms with Crippen LogP contribution < -0.4 is 0 Å². The fourth-order valence-corrected chi connectivity index (χ4v) is 0.933. The van der Waals surface area contributed by atoms with Gasteiger partial charge in [-0.25, -0.2) is 4.79 Å². The van der Waals surface area contributed by atoms with Crippen LogP contribution in [0.3, 0.4) is 0 Å². The van der Waals surface area contributed by atoms with E-state index in [0.29, 0.717) is 0 Å². The van der Waals surface area contributed by atoms with Crippen LogP contribution >= 0.6 is 0 Å². The van der Waals surface area contributed by atoms with Gasteiger partial charge in [0.25, 0.3) is 0 Å². The summed E-state index contributed by atoms with van der Waals surface area (Å²) >= 11 is 0. The van der Waals surface area contributed by atoms with Crippen molar-refractivity contribution in [1.82, 2.24) is 9.78 Å². The smallest absolute Gasteiger partial charge is 0.435 e. The van der Waals surface area contributed by atoms with Gasteiger partial charge in [0, 0.05) is 13.1 Å². The number of carbonyl (C=O) groups is 1. The van der Waals surface area contributed by atoms with Crippen LogP contribution in [-0.4, -0.2) is 20.9 Å². The van der Waals surface area contributed by atoms with Gasteiger partial charge in [0.05, 0.1) is 5.69 Å². The van der Waals surface area contributed by atoms with E-state index in [2.05, 4.69) is 5.10 Å². The van der Waals surface area contributed by atoms with Crippen molar-refractivity contribution < 1.29 is 23.1 Å². The molecule has 1 rings (SSSR count). The number of aryl methyl sites for hydroxylation is 1. The molecule has 0 unspecified atom stereocenters. The first kappa shape index (κ1) is 11.3. The van der Waals surface area contributed by atoms with Crippen LogP contribution in [-0.2, 0) is 18.0 Å². The van der Waals surface area contributed by atoms with Crippen molar-refractivity contribution in [3.63, 3.8) is 0 Å². The van der Waals surface area contributed by atoms with E-state index < -0.39 is 17.8 Å². The average molecular weight is 220 g/mol. The summed E-state index contributed by atoms with van der Waals surface area (Å²) in [6.45, 7) is 0. The normalized spacial score (nSPS) is 12.3. The SMILES string of the molecule is Cn1nc(C(F)(F)F)cc1/C=C/C(=O)O. The lowest BCUT2D eigenvalue weighted by Gasteiger charge is -1.98. The summed E-state index contributed by atoms with van der Waals surface area (Å²) in [5.74, 6) is -1.23. The lowest BCUT2D eigenvalue weighted by molar-refractivity contribution is -0.141. The fraction of sp³-hybridized carbons (Fsp3) is 0.250. The molecule has 4 nitrogen and oxygen atoms in total. The third kappa shape index (κ3) is 2.83. The molecule has 0 fully saturated rings. The monoisotopic (exact) mass is 220 g/mol. The Morgan fingerprint density at radius 2 is 2.20 bits per heavy atom. The average Bonchev–Trinajstić information content (AvgIpc) is 2.42. The summed E-state index contributed by atoms with van der Waals surface area (Å²) < 4.78 is 37.5. The first-order chi connectivity index (χ1) is 6.80. The second-order valence-corrected chi connectivity index (χ2v) is 2.75. The molecular formula is C8H7F3N2O2. The van der Waals surface area contributed by atoms with Crippen LogP contribution in [0.2, 0.25) is 0 Å². The molecule has 0 amide bonds. The second-order valence-electron chi connectivity index (χ2n) is 2.75. The minimum Gasteiger partial charge on any atom is -0.478 e. The van der Waals surface area contributed by atoms with Crippen LogP contribution in [0.15, 0.2) is 12.1 Å². The number of carboxylic acids is 1. The maximum atomic E-state index is 12.2.